The van der Waals surface area contributed by atoms with E-state index in [0.29, 0.717) is 11.7 Å². The fourth-order valence-corrected chi connectivity index (χ4v) is 4.18. The van der Waals surface area contributed by atoms with E-state index in [4.69, 9.17) is 0 Å². The predicted octanol–water partition coefficient (Wildman–Crippen LogP) is 3.03. The molecule has 1 saturated carbocycles. The van der Waals surface area contributed by atoms with Crippen molar-refractivity contribution in [1.29, 1.82) is 0 Å². The molecule has 0 radical (unpaired) electrons. The van der Waals surface area contributed by atoms with Gasteiger partial charge in [-0.3, -0.25) is 9.69 Å². The summed E-state index contributed by atoms with van der Waals surface area (Å²) in [5.74, 6) is 0.0469. The topological polar surface area (TPSA) is 48.1 Å². The minimum atomic E-state index is 0.0469. The van der Waals surface area contributed by atoms with Gasteiger partial charge in [-0.05, 0) is 51.8 Å². The molecule has 1 aliphatic heterocycles. The van der Waals surface area contributed by atoms with Gasteiger partial charge in [0.15, 0.2) is 0 Å². The molecule has 4 nitrogen and oxygen atoms in total. The predicted molar refractivity (Wildman–Crippen MR) is 85.9 cm³/mol. The van der Waals surface area contributed by atoms with Crippen LogP contribution >= 0.6 is 11.3 Å². The summed E-state index contributed by atoms with van der Waals surface area (Å²) in [6.07, 6.45) is 4.87. The molecule has 4 rings (SSSR count). The average molecular weight is 303 g/mol. The Balaban J connectivity index is 1.61. The Morgan fingerprint density at radius 1 is 1.43 bits per heavy atom. The largest absolute Gasteiger partial charge is 0.350 e. The third kappa shape index (κ3) is 2.60. The summed E-state index contributed by atoms with van der Waals surface area (Å²) in [7, 11) is 0. The summed E-state index contributed by atoms with van der Waals surface area (Å²) in [5.41, 5.74) is 3.26. The molecule has 0 unspecified atom stereocenters. The first-order valence-electron chi connectivity index (χ1n) is 7.85. The highest BCUT2D eigenvalue weighted by Crippen LogP contribution is 2.33. The Morgan fingerprint density at radius 3 is 2.90 bits per heavy atom. The number of nitrogens with one attached hydrogen (secondary N) is 2. The van der Waals surface area contributed by atoms with Crippen LogP contribution in [0.3, 0.4) is 0 Å². The molecule has 5 heteroatoms. The van der Waals surface area contributed by atoms with Gasteiger partial charge in [0.25, 0.3) is 5.91 Å². The van der Waals surface area contributed by atoms with Gasteiger partial charge in [-0.1, -0.05) is 0 Å². The van der Waals surface area contributed by atoms with Crippen LogP contribution in [0, 0.1) is 6.92 Å². The number of rotatable bonds is 4. The lowest BCUT2D eigenvalue weighted by Gasteiger charge is -2.14. The van der Waals surface area contributed by atoms with Crippen LogP contribution in [-0.2, 0) is 6.54 Å². The number of carbonyl (C=O) groups excluding carboxylic acids is 1. The maximum atomic E-state index is 12.2. The molecular weight excluding hydrogens is 282 g/mol. The first kappa shape index (κ1) is 13.3. The minimum Gasteiger partial charge on any atom is -0.350 e. The minimum absolute atomic E-state index is 0.0469. The lowest BCUT2D eigenvalue weighted by molar-refractivity contribution is 0.0947. The number of aromatic amines is 1. The first-order chi connectivity index (χ1) is 10.2. The normalized spacial score (nSPS) is 19.5. The molecular formula is C16H21N3OS. The second kappa shape index (κ2) is 5.14. The molecule has 21 heavy (non-hydrogen) atoms. The summed E-state index contributed by atoms with van der Waals surface area (Å²) in [6.45, 7) is 5.60. The van der Waals surface area contributed by atoms with E-state index in [9.17, 15) is 4.79 Å². The van der Waals surface area contributed by atoms with Crippen molar-refractivity contribution < 1.29 is 4.79 Å². The van der Waals surface area contributed by atoms with Gasteiger partial charge in [-0.15, -0.1) is 11.3 Å². The third-order valence-electron chi connectivity index (χ3n) is 4.51. The molecule has 112 valence electrons. The Kier molecular flexibility index (Phi) is 3.27. The molecule has 0 bridgehead atoms. The standard InChI is InChI=1S/C16H21N3OS/c1-10-12(9-19-6-2-3-7-19)15-14(21-10)8-13(18-15)16(20)17-11-4-5-11/h8,11,18H,2-7,9H2,1H3,(H,17,20). The number of hydrogen-bond acceptors (Lipinski definition) is 3. The fraction of sp³-hybridized carbons (Fsp3) is 0.562. The van der Waals surface area contributed by atoms with E-state index < -0.39 is 0 Å². The van der Waals surface area contributed by atoms with Gasteiger partial charge in [0, 0.05) is 23.0 Å². The van der Waals surface area contributed by atoms with E-state index in [1.54, 1.807) is 11.3 Å². The van der Waals surface area contributed by atoms with Crippen LogP contribution < -0.4 is 5.32 Å². The van der Waals surface area contributed by atoms with Crippen LogP contribution in [0.2, 0.25) is 0 Å². The third-order valence-corrected chi connectivity index (χ3v) is 5.60. The molecule has 2 aromatic heterocycles. The van der Waals surface area contributed by atoms with Crippen LogP contribution in [-0.4, -0.2) is 34.9 Å². The van der Waals surface area contributed by atoms with Crippen LogP contribution in [0.1, 0.15) is 46.6 Å². The molecule has 0 aromatic carbocycles. The van der Waals surface area contributed by atoms with E-state index >= 15 is 0 Å². The van der Waals surface area contributed by atoms with Gasteiger partial charge in [0.05, 0.1) is 10.2 Å². The Hall–Kier alpha value is -1.33. The van der Waals surface area contributed by atoms with Crippen molar-refractivity contribution in [2.24, 2.45) is 0 Å². The second-order valence-electron chi connectivity index (χ2n) is 6.29. The fourth-order valence-electron chi connectivity index (χ4n) is 3.11. The smallest absolute Gasteiger partial charge is 0.267 e. The lowest BCUT2D eigenvalue weighted by atomic mass is 10.2. The summed E-state index contributed by atoms with van der Waals surface area (Å²) in [5, 5.41) is 3.05. The Bertz CT molecular complexity index is 677. The molecule has 2 aromatic rings. The highest BCUT2D eigenvalue weighted by atomic mass is 32.1. The van der Waals surface area contributed by atoms with Gasteiger partial charge < -0.3 is 10.3 Å². The highest BCUT2D eigenvalue weighted by molar-refractivity contribution is 7.19. The van der Waals surface area contributed by atoms with Crippen LogP contribution in [0.15, 0.2) is 6.07 Å². The first-order valence-corrected chi connectivity index (χ1v) is 8.66. The van der Waals surface area contributed by atoms with Crippen molar-refractivity contribution in [2.75, 3.05) is 13.1 Å². The molecule has 2 fully saturated rings. The molecule has 3 heterocycles. The SMILES string of the molecule is Cc1sc2cc(C(=O)NC3CC3)[nH]c2c1CN1CCCC1. The second-order valence-corrected chi connectivity index (χ2v) is 7.55. The average Bonchev–Trinajstić information content (AvgIpc) is 2.88. The molecule has 2 N–H and O–H groups in total. The number of aromatic nitrogens is 1. The highest BCUT2D eigenvalue weighted by Gasteiger charge is 2.25. The Morgan fingerprint density at radius 2 is 2.19 bits per heavy atom. The number of fused-ring (bicyclic) bond motifs is 1. The lowest BCUT2D eigenvalue weighted by Crippen LogP contribution is -2.25. The van der Waals surface area contributed by atoms with E-state index in [2.05, 4.69) is 22.1 Å². The molecule has 0 atom stereocenters. The van der Waals surface area contributed by atoms with Gasteiger partial charge in [-0.2, -0.15) is 0 Å². The number of nitrogens with zero attached hydrogens (tertiary/aromatic N) is 1. The molecule has 1 aliphatic carbocycles. The van der Waals surface area contributed by atoms with Crippen LogP contribution in [0.5, 0.6) is 0 Å². The van der Waals surface area contributed by atoms with Gasteiger partial charge in [0.1, 0.15) is 5.69 Å². The Labute approximate surface area is 128 Å². The maximum absolute atomic E-state index is 12.2. The van der Waals surface area contributed by atoms with E-state index in [0.717, 1.165) is 19.4 Å². The van der Waals surface area contributed by atoms with Crippen molar-refractivity contribution in [3.63, 3.8) is 0 Å². The van der Waals surface area contributed by atoms with Gasteiger partial charge in [-0.25, -0.2) is 0 Å². The zero-order valence-electron chi connectivity index (χ0n) is 12.4. The number of H-pyrrole nitrogens is 1. The van der Waals surface area contributed by atoms with Crippen molar-refractivity contribution >= 4 is 27.5 Å². The zero-order chi connectivity index (χ0) is 14.4. The quantitative estimate of drug-likeness (QED) is 0.912. The van der Waals surface area contributed by atoms with E-state index in [1.807, 2.05) is 6.07 Å². The molecule has 0 spiro atoms. The van der Waals surface area contributed by atoms with Crippen molar-refractivity contribution in [2.45, 2.75) is 45.2 Å². The molecule has 1 amide bonds. The number of likely N-dealkylation sites (tertiary alicyclic amines) is 1. The maximum Gasteiger partial charge on any atom is 0.267 e. The number of aryl methyl sites for hydroxylation is 1. The zero-order valence-corrected chi connectivity index (χ0v) is 13.2. The summed E-state index contributed by atoms with van der Waals surface area (Å²) < 4.78 is 1.21. The molecule has 2 aliphatic rings. The van der Waals surface area contributed by atoms with E-state index in [1.165, 1.54) is 46.6 Å². The summed E-state index contributed by atoms with van der Waals surface area (Å²) in [4.78, 5) is 19.4. The van der Waals surface area contributed by atoms with Crippen molar-refractivity contribution in [3.05, 3.63) is 22.2 Å². The van der Waals surface area contributed by atoms with Crippen molar-refractivity contribution in [1.82, 2.24) is 15.2 Å². The van der Waals surface area contributed by atoms with Crippen molar-refractivity contribution in [3.8, 4) is 0 Å². The number of hydrogen-bond donors (Lipinski definition) is 2. The number of thiophene rings is 1. The van der Waals surface area contributed by atoms with Gasteiger partial charge >= 0.3 is 0 Å². The van der Waals surface area contributed by atoms with Crippen LogP contribution in [0.4, 0.5) is 0 Å². The molecule has 1 saturated heterocycles. The monoisotopic (exact) mass is 303 g/mol. The van der Waals surface area contributed by atoms with Crippen LogP contribution in [0.25, 0.3) is 10.2 Å². The van der Waals surface area contributed by atoms with E-state index in [-0.39, 0.29) is 5.91 Å². The summed E-state index contributed by atoms with van der Waals surface area (Å²) in [6, 6.07) is 2.42. The van der Waals surface area contributed by atoms with Gasteiger partial charge in [0.2, 0.25) is 0 Å². The number of amides is 1. The summed E-state index contributed by atoms with van der Waals surface area (Å²) >= 11 is 1.80. The number of carbonyl (C=O) groups is 1.